The highest BCUT2D eigenvalue weighted by Crippen LogP contribution is 2.19. The van der Waals surface area contributed by atoms with Crippen LogP contribution in [0.25, 0.3) is 11.5 Å². The van der Waals surface area contributed by atoms with Gasteiger partial charge in [0, 0.05) is 28.9 Å². The molecule has 0 atom stereocenters. The SMILES string of the molecule is O=C(Nc1cccc([N+](=O)[O-])c1)c1ccc(-c2nnco2)cc1. The zero-order valence-electron chi connectivity index (χ0n) is 11.7. The number of nitrogens with one attached hydrogen (secondary N) is 1. The molecule has 2 aromatic carbocycles. The standard InChI is InChI=1S/C15H10N4O4/c20-14(17-12-2-1-3-13(8-12)19(21)22)10-4-6-11(7-5-10)15-18-16-9-23-15/h1-9H,(H,17,20). The van der Waals surface area contributed by atoms with E-state index in [0.717, 1.165) is 0 Å². The molecule has 1 N–H and O–H groups in total. The fourth-order valence-corrected chi connectivity index (χ4v) is 1.96. The molecule has 114 valence electrons. The number of anilines is 1. The minimum Gasteiger partial charge on any atom is -0.423 e. The molecule has 0 bridgehead atoms. The van der Waals surface area contributed by atoms with E-state index in [9.17, 15) is 14.9 Å². The van der Waals surface area contributed by atoms with Gasteiger partial charge in [-0.25, -0.2) is 0 Å². The molecule has 0 aliphatic heterocycles. The van der Waals surface area contributed by atoms with Gasteiger partial charge < -0.3 is 9.73 Å². The highest BCUT2D eigenvalue weighted by atomic mass is 16.6. The zero-order chi connectivity index (χ0) is 16.2. The Hall–Kier alpha value is -3.55. The maximum absolute atomic E-state index is 12.2. The molecular weight excluding hydrogens is 300 g/mol. The van der Waals surface area contributed by atoms with Crippen molar-refractivity contribution >= 4 is 17.3 Å². The summed E-state index contributed by atoms with van der Waals surface area (Å²) in [5, 5.41) is 20.7. The Morgan fingerprint density at radius 1 is 1.17 bits per heavy atom. The van der Waals surface area contributed by atoms with Gasteiger partial charge >= 0.3 is 0 Å². The highest BCUT2D eigenvalue weighted by molar-refractivity contribution is 6.04. The van der Waals surface area contributed by atoms with Gasteiger partial charge in [-0.2, -0.15) is 0 Å². The average Bonchev–Trinajstić information content (AvgIpc) is 3.09. The smallest absolute Gasteiger partial charge is 0.271 e. The van der Waals surface area contributed by atoms with Gasteiger partial charge in [-0.05, 0) is 30.3 Å². The number of non-ortho nitro benzene ring substituents is 1. The molecule has 0 fully saturated rings. The normalized spacial score (nSPS) is 10.3. The molecule has 0 radical (unpaired) electrons. The van der Waals surface area contributed by atoms with Crippen LogP contribution in [0, 0.1) is 10.1 Å². The number of amides is 1. The van der Waals surface area contributed by atoms with Crippen LogP contribution in [0.5, 0.6) is 0 Å². The van der Waals surface area contributed by atoms with Gasteiger partial charge in [0.1, 0.15) is 0 Å². The Labute approximate surface area is 129 Å². The molecule has 1 heterocycles. The molecule has 0 spiro atoms. The van der Waals surface area contributed by atoms with Crippen LogP contribution >= 0.6 is 0 Å². The van der Waals surface area contributed by atoms with E-state index >= 15 is 0 Å². The molecule has 8 heteroatoms. The first-order chi connectivity index (χ1) is 11.1. The number of carbonyl (C=O) groups excluding carboxylic acids is 1. The molecule has 3 aromatic rings. The fraction of sp³-hybridized carbons (Fsp3) is 0. The van der Waals surface area contributed by atoms with E-state index in [1.807, 2.05) is 0 Å². The quantitative estimate of drug-likeness (QED) is 0.586. The van der Waals surface area contributed by atoms with Crippen LogP contribution in [0.2, 0.25) is 0 Å². The van der Waals surface area contributed by atoms with Crippen molar-refractivity contribution in [1.82, 2.24) is 10.2 Å². The van der Waals surface area contributed by atoms with Crippen molar-refractivity contribution in [2.75, 3.05) is 5.32 Å². The molecule has 0 saturated carbocycles. The van der Waals surface area contributed by atoms with E-state index in [2.05, 4.69) is 15.5 Å². The second-order valence-electron chi connectivity index (χ2n) is 4.58. The zero-order valence-corrected chi connectivity index (χ0v) is 11.7. The van der Waals surface area contributed by atoms with E-state index in [1.165, 1.54) is 24.6 Å². The summed E-state index contributed by atoms with van der Waals surface area (Å²) in [6.45, 7) is 0. The van der Waals surface area contributed by atoms with Crippen molar-refractivity contribution in [3.63, 3.8) is 0 Å². The fourth-order valence-electron chi connectivity index (χ4n) is 1.96. The van der Waals surface area contributed by atoms with Crippen molar-refractivity contribution in [2.24, 2.45) is 0 Å². The lowest BCUT2D eigenvalue weighted by molar-refractivity contribution is -0.384. The van der Waals surface area contributed by atoms with Gasteiger partial charge in [-0.15, -0.1) is 10.2 Å². The Bertz CT molecular complexity index is 844. The monoisotopic (exact) mass is 310 g/mol. The lowest BCUT2D eigenvalue weighted by Crippen LogP contribution is -2.11. The summed E-state index contributed by atoms with van der Waals surface area (Å²) in [4.78, 5) is 22.4. The number of nitro benzene ring substituents is 1. The molecule has 1 amide bonds. The number of nitro groups is 1. The first-order valence-electron chi connectivity index (χ1n) is 6.56. The van der Waals surface area contributed by atoms with Crippen molar-refractivity contribution in [3.8, 4) is 11.5 Å². The second-order valence-corrected chi connectivity index (χ2v) is 4.58. The van der Waals surface area contributed by atoms with E-state index in [-0.39, 0.29) is 11.6 Å². The first-order valence-corrected chi connectivity index (χ1v) is 6.56. The maximum atomic E-state index is 12.2. The molecule has 0 aliphatic carbocycles. The number of aromatic nitrogens is 2. The van der Waals surface area contributed by atoms with Crippen molar-refractivity contribution in [2.45, 2.75) is 0 Å². The van der Waals surface area contributed by atoms with Gasteiger partial charge in [0.15, 0.2) is 0 Å². The predicted octanol–water partition coefficient (Wildman–Crippen LogP) is 2.90. The Balaban J connectivity index is 1.76. The molecule has 23 heavy (non-hydrogen) atoms. The Morgan fingerprint density at radius 2 is 1.96 bits per heavy atom. The first kappa shape index (κ1) is 14.4. The van der Waals surface area contributed by atoms with E-state index in [1.54, 1.807) is 30.3 Å². The van der Waals surface area contributed by atoms with Crippen molar-refractivity contribution in [3.05, 3.63) is 70.6 Å². The molecule has 8 nitrogen and oxygen atoms in total. The van der Waals surface area contributed by atoms with Gasteiger partial charge in [0.05, 0.1) is 4.92 Å². The van der Waals surface area contributed by atoms with E-state index in [4.69, 9.17) is 4.42 Å². The minimum atomic E-state index is -0.519. The number of hydrogen-bond donors (Lipinski definition) is 1. The van der Waals surface area contributed by atoms with Crippen LogP contribution in [0.3, 0.4) is 0 Å². The number of carbonyl (C=O) groups is 1. The maximum Gasteiger partial charge on any atom is 0.271 e. The summed E-state index contributed by atoms with van der Waals surface area (Å²) in [5.74, 6) is -0.0155. The summed E-state index contributed by atoms with van der Waals surface area (Å²) in [7, 11) is 0. The largest absolute Gasteiger partial charge is 0.423 e. The van der Waals surface area contributed by atoms with Crippen LogP contribution in [-0.2, 0) is 0 Å². The lowest BCUT2D eigenvalue weighted by Gasteiger charge is -2.05. The Morgan fingerprint density at radius 3 is 2.61 bits per heavy atom. The van der Waals surface area contributed by atoms with Crippen LogP contribution in [0.15, 0.2) is 59.3 Å². The van der Waals surface area contributed by atoms with Gasteiger partial charge in [0.25, 0.3) is 11.6 Å². The van der Waals surface area contributed by atoms with Crippen LogP contribution < -0.4 is 5.32 Å². The van der Waals surface area contributed by atoms with Gasteiger partial charge in [0.2, 0.25) is 12.3 Å². The summed E-state index contributed by atoms with van der Waals surface area (Å²) >= 11 is 0. The average molecular weight is 310 g/mol. The summed E-state index contributed by atoms with van der Waals surface area (Å²) in [5.41, 5.74) is 1.36. The topological polar surface area (TPSA) is 111 Å². The number of nitrogens with zero attached hydrogens (tertiary/aromatic N) is 3. The van der Waals surface area contributed by atoms with Crippen LogP contribution in [-0.4, -0.2) is 21.0 Å². The van der Waals surface area contributed by atoms with Crippen LogP contribution in [0.1, 0.15) is 10.4 Å². The third-order valence-electron chi connectivity index (χ3n) is 3.07. The summed E-state index contributed by atoms with van der Waals surface area (Å²) in [6, 6.07) is 12.3. The molecule has 3 rings (SSSR count). The highest BCUT2D eigenvalue weighted by Gasteiger charge is 2.11. The Kier molecular flexibility index (Phi) is 3.79. The summed E-state index contributed by atoms with van der Waals surface area (Å²) < 4.78 is 5.06. The molecule has 0 saturated heterocycles. The number of rotatable bonds is 4. The van der Waals surface area contributed by atoms with Crippen molar-refractivity contribution < 1.29 is 14.1 Å². The third-order valence-corrected chi connectivity index (χ3v) is 3.07. The molecule has 1 aromatic heterocycles. The van der Waals surface area contributed by atoms with Crippen LogP contribution in [0.4, 0.5) is 11.4 Å². The second kappa shape index (κ2) is 6.06. The van der Waals surface area contributed by atoms with Gasteiger partial charge in [-0.1, -0.05) is 6.07 Å². The number of benzene rings is 2. The third kappa shape index (κ3) is 3.21. The van der Waals surface area contributed by atoms with E-state index < -0.39 is 4.92 Å². The van der Waals surface area contributed by atoms with Gasteiger partial charge in [-0.3, -0.25) is 14.9 Å². The lowest BCUT2D eigenvalue weighted by atomic mass is 10.1. The molecular formula is C15H10N4O4. The molecule has 0 unspecified atom stereocenters. The minimum absolute atomic E-state index is 0.0884. The van der Waals surface area contributed by atoms with Crippen molar-refractivity contribution in [1.29, 1.82) is 0 Å². The molecule has 0 aliphatic rings. The summed E-state index contributed by atoms with van der Waals surface area (Å²) in [6.07, 6.45) is 1.22. The van der Waals surface area contributed by atoms with E-state index in [0.29, 0.717) is 22.7 Å². The number of hydrogen-bond acceptors (Lipinski definition) is 6. The predicted molar refractivity (Wildman–Crippen MR) is 80.8 cm³/mol.